The molecule has 0 saturated heterocycles. The molecule has 0 unspecified atom stereocenters. The lowest BCUT2D eigenvalue weighted by molar-refractivity contribution is 0.0952. The Morgan fingerprint density at radius 3 is 2.88 bits per heavy atom. The molecule has 0 aliphatic carbocycles. The maximum absolute atomic E-state index is 11.9. The summed E-state index contributed by atoms with van der Waals surface area (Å²) >= 11 is 0. The Balaban J connectivity index is 2.61. The second-order valence-corrected chi connectivity index (χ2v) is 4.37. The molecule has 0 fully saturated rings. The summed E-state index contributed by atoms with van der Waals surface area (Å²) in [5.74, 6) is 1.18. The summed E-state index contributed by atoms with van der Waals surface area (Å²) < 4.78 is 0. The van der Waals surface area contributed by atoms with Crippen LogP contribution in [-0.2, 0) is 0 Å². The molecule has 0 bridgehead atoms. The van der Waals surface area contributed by atoms with Crippen LogP contribution < -0.4 is 10.6 Å². The fourth-order valence-corrected chi connectivity index (χ4v) is 1.47. The fourth-order valence-electron chi connectivity index (χ4n) is 1.47. The van der Waals surface area contributed by atoms with Gasteiger partial charge in [-0.2, -0.15) is 0 Å². The molecular formula is C13H21N3O. The van der Waals surface area contributed by atoms with E-state index >= 15 is 0 Å². The quantitative estimate of drug-likeness (QED) is 0.795. The Morgan fingerprint density at radius 2 is 2.24 bits per heavy atom. The molecule has 1 heterocycles. The number of hydrogen-bond acceptors (Lipinski definition) is 3. The van der Waals surface area contributed by atoms with E-state index in [-0.39, 0.29) is 5.91 Å². The monoisotopic (exact) mass is 235 g/mol. The van der Waals surface area contributed by atoms with Crippen LogP contribution in [0.3, 0.4) is 0 Å². The van der Waals surface area contributed by atoms with Crippen molar-refractivity contribution in [1.29, 1.82) is 0 Å². The normalized spacial score (nSPS) is 10.4. The third-order valence-electron chi connectivity index (χ3n) is 2.40. The molecule has 4 heteroatoms. The van der Waals surface area contributed by atoms with E-state index < -0.39 is 0 Å². The zero-order valence-electron chi connectivity index (χ0n) is 10.8. The first kappa shape index (κ1) is 13.5. The van der Waals surface area contributed by atoms with Crippen LogP contribution in [0.25, 0.3) is 0 Å². The lowest BCUT2D eigenvalue weighted by Gasteiger charge is -2.10. The third kappa shape index (κ3) is 4.43. The van der Waals surface area contributed by atoms with Gasteiger partial charge in [0.2, 0.25) is 0 Å². The van der Waals surface area contributed by atoms with Gasteiger partial charge in [-0.05, 0) is 31.4 Å². The summed E-state index contributed by atoms with van der Waals surface area (Å²) in [5.41, 5.74) is 0.609. The summed E-state index contributed by atoms with van der Waals surface area (Å²) in [5, 5.41) is 5.99. The summed E-state index contributed by atoms with van der Waals surface area (Å²) in [6.07, 6.45) is 2.67. The van der Waals surface area contributed by atoms with Crippen LogP contribution in [0.2, 0.25) is 0 Å². The van der Waals surface area contributed by atoms with Gasteiger partial charge in [0, 0.05) is 19.3 Å². The number of rotatable bonds is 6. The number of pyridine rings is 1. The summed E-state index contributed by atoms with van der Waals surface area (Å²) in [4.78, 5) is 16.1. The van der Waals surface area contributed by atoms with Crippen molar-refractivity contribution in [2.75, 3.05) is 18.4 Å². The van der Waals surface area contributed by atoms with E-state index in [1.807, 2.05) is 6.92 Å². The van der Waals surface area contributed by atoms with Gasteiger partial charge in [-0.3, -0.25) is 4.79 Å². The molecule has 0 spiro atoms. The summed E-state index contributed by atoms with van der Waals surface area (Å²) in [6, 6.07) is 3.56. The number of anilines is 1. The Bertz CT molecular complexity index is 363. The average molecular weight is 235 g/mol. The number of nitrogens with zero attached hydrogens (tertiary/aromatic N) is 1. The highest BCUT2D eigenvalue weighted by molar-refractivity contribution is 5.98. The molecule has 0 aromatic carbocycles. The minimum Gasteiger partial charge on any atom is -0.370 e. The molecule has 1 aromatic heterocycles. The van der Waals surface area contributed by atoms with Crippen LogP contribution in [0.4, 0.5) is 5.82 Å². The molecule has 1 rings (SSSR count). The largest absolute Gasteiger partial charge is 0.370 e. The first-order chi connectivity index (χ1) is 8.15. The van der Waals surface area contributed by atoms with E-state index in [1.54, 1.807) is 18.3 Å². The van der Waals surface area contributed by atoms with Crippen molar-refractivity contribution in [2.45, 2.75) is 27.2 Å². The maximum atomic E-state index is 11.9. The number of carbonyl (C=O) groups is 1. The van der Waals surface area contributed by atoms with Crippen molar-refractivity contribution in [3.05, 3.63) is 23.9 Å². The first-order valence-corrected chi connectivity index (χ1v) is 6.12. The van der Waals surface area contributed by atoms with Crippen molar-refractivity contribution in [2.24, 2.45) is 5.92 Å². The highest BCUT2D eigenvalue weighted by atomic mass is 16.1. The van der Waals surface area contributed by atoms with Crippen molar-refractivity contribution >= 4 is 11.7 Å². The lowest BCUT2D eigenvalue weighted by atomic mass is 10.1. The van der Waals surface area contributed by atoms with E-state index in [0.29, 0.717) is 23.8 Å². The SMILES string of the molecule is CCNc1ncccc1C(=O)NCCC(C)C. The zero-order valence-corrected chi connectivity index (χ0v) is 10.8. The van der Waals surface area contributed by atoms with Gasteiger partial charge in [0.1, 0.15) is 5.82 Å². The van der Waals surface area contributed by atoms with Gasteiger partial charge >= 0.3 is 0 Å². The van der Waals surface area contributed by atoms with Gasteiger partial charge in [0.05, 0.1) is 5.56 Å². The van der Waals surface area contributed by atoms with Gasteiger partial charge in [0.15, 0.2) is 0 Å². The number of hydrogen-bond donors (Lipinski definition) is 2. The number of nitrogens with one attached hydrogen (secondary N) is 2. The Labute approximate surface area is 103 Å². The fraction of sp³-hybridized carbons (Fsp3) is 0.538. The predicted molar refractivity (Wildman–Crippen MR) is 70.2 cm³/mol. The molecule has 0 aliphatic heterocycles. The van der Waals surface area contributed by atoms with Crippen LogP contribution in [0, 0.1) is 5.92 Å². The van der Waals surface area contributed by atoms with E-state index in [1.165, 1.54) is 0 Å². The van der Waals surface area contributed by atoms with Crippen LogP contribution in [0.15, 0.2) is 18.3 Å². The van der Waals surface area contributed by atoms with E-state index in [9.17, 15) is 4.79 Å². The molecule has 0 atom stereocenters. The molecular weight excluding hydrogens is 214 g/mol. The summed E-state index contributed by atoms with van der Waals surface area (Å²) in [7, 11) is 0. The van der Waals surface area contributed by atoms with Crippen molar-refractivity contribution < 1.29 is 4.79 Å². The predicted octanol–water partition coefficient (Wildman–Crippen LogP) is 2.29. The van der Waals surface area contributed by atoms with Gasteiger partial charge in [-0.25, -0.2) is 4.98 Å². The van der Waals surface area contributed by atoms with E-state index in [2.05, 4.69) is 29.5 Å². The number of amides is 1. The Kier molecular flexibility index (Phi) is 5.46. The molecule has 94 valence electrons. The third-order valence-corrected chi connectivity index (χ3v) is 2.40. The highest BCUT2D eigenvalue weighted by Crippen LogP contribution is 2.10. The molecule has 0 aliphatic rings. The average Bonchev–Trinajstić information content (AvgIpc) is 2.29. The molecule has 1 amide bonds. The molecule has 1 aromatic rings. The van der Waals surface area contributed by atoms with E-state index in [4.69, 9.17) is 0 Å². The smallest absolute Gasteiger partial charge is 0.255 e. The Morgan fingerprint density at radius 1 is 1.47 bits per heavy atom. The van der Waals surface area contributed by atoms with Crippen molar-refractivity contribution in [3.8, 4) is 0 Å². The molecule has 0 saturated carbocycles. The molecule has 0 radical (unpaired) electrons. The topological polar surface area (TPSA) is 54.0 Å². The van der Waals surface area contributed by atoms with E-state index in [0.717, 1.165) is 13.0 Å². The second kappa shape index (κ2) is 6.89. The molecule has 2 N–H and O–H groups in total. The van der Waals surface area contributed by atoms with Gasteiger partial charge < -0.3 is 10.6 Å². The molecule has 4 nitrogen and oxygen atoms in total. The van der Waals surface area contributed by atoms with Gasteiger partial charge in [-0.1, -0.05) is 13.8 Å². The van der Waals surface area contributed by atoms with Crippen LogP contribution in [-0.4, -0.2) is 24.0 Å². The standard InChI is InChI=1S/C13H21N3O/c1-4-14-12-11(6-5-8-15-12)13(17)16-9-7-10(2)3/h5-6,8,10H,4,7,9H2,1-3H3,(H,14,15)(H,16,17). The molecule has 17 heavy (non-hydrogen) atoms. The second-order valence-electron chi connectivity index (χ2n) is 4.37. The van der Waals surface area contributed by atoms with Crippen molar-refractivity contribution in [3.63, 3.8) is 0 Å². The van der Waals surface area contributed by atoms with Gasteiger partial charge in [0.25, 0.3) is 5.91 Å². The Hall–Kier alpha value is -1.58. The number of carbonyl (C=O) groups excluding carboxylic acids is 1. The van der Waals surface area contributed by atoms with Crippen LogP contribution in [0.1, 0.15) is 37.6 Å². The minimum absolute atomic E-state index is 0.0605. The first-order valence-electron chi connectivity index (χ1n) is 6.12. The van der Waals surface area contributed by atoms with Crippen LogP contribution >= 0.6 is 0 Å². The highest BCUT2D eigenvalue weighted by Gasteiger charge is 2.10. The zero-order chi connectivity index (χ0) is 12.7. The van der Waals surface area contributed by atoms with Crippen LogP contribution in [0.5, 0.6) is 0 Å². The van der Waals surface area contributed by atoms with Crippen molar-refractivity contribution in [1.82, 2.24) is 10.3 Å². The summed E-state index contributed by atoms with van der Waals surface area (Å²) in [6.45, 7) is 7.72. The minimum atomic E-state index is -0.0605. The van der Waals surface area contributed by atoms with Gasteiger partial charge in [-0.15, -0.1) is 0 Å². The maximum Gasteiger partial charge on any atom is 0.255 e. The number of aromatic nitrogens is 1. The lowest BCUT2D eigenvalue weighted by Crippen LogP contribution is -2.26.